The average molecular weight is 1320 g/mol. The lowest BCUT2D eigenvalue weighted by Crippen LogP contribution is -2.60. The van der Waals surface area contributed by atoms with E-state index in [0.717, 1.165) is 18.7 Å². The summed E-state index contributed by atoms with van der Waals surface area (Å²) in [4.78, 5) is 7.15. The fourth-order valence-corrected chi connectivity index (χ4v) is 8.51. The fraction of sp³-hybridized carbons (Fsp3) is 0.220. The lowest BCUT2D eigenvalue weighted by molar-refractivity contribution is 0.380. The van der Waals surface area contributed by atoms with Crippen LogP contribution in [0.1, 0.15) is 70.5 Å². The Hall–Kier alpha value is -6.86. The van der Waals surface area contributed by atoms with Crippen LogP contribution in [0.3, 0.4) is 0 Å². The predicted octanol–water partition coefficient (Wildman–Crippen LogP) is 14.4. The Labute approximate surface area is 471 Å². The molecule has 0 aliphatic heterocycles. The molecule has 0 radical (unpaired) electrons. The summed E-state index contributed by atoms with van der Waals surface area (Å²) in [6, 6.07) is 0. The summed E-state index contributed by atoms with van der Waals surface area (Å²) < 4.78 is 417. The monoisotopic (exact) mass is 1310 g/mol. The van der Waals surface area contributed by atoms with E-state index < -0.39 is 221 Å². The summed E-state index contributed by atoms with van der Waals surface area (Å²) in [5, 5.41) is 0.852. The van der Waals surface area contributed by atoms with Crippen LogP contribution in [0.25, 0.3) is 0 Å². The third kappa shape index (κ3) is 13.2. The lowest BCUT2D eigenvalue weighted by atomic mass is 9.36. The lowest BCUT2D eigenvalue weighted by Gasteiger charge is -2.21. The van der Waals surface area contributed by atoms with E-state index in [2.05, 4.69) is 16.9 Å². The van der Waals surface area contributed by atoms with Gasteiger partial charge in [0.1, 0.15) is 11.0 Å². The van der Waals surface area contributed by atoms with Gasteiger partial charge in [0.05, 0.1) is 0 Å². The molecule has 0 saturated carbocycles. The highest BCUT2D eigenvalue weighted by Crippen LogP contribution is 2.27. The molecule has 36 heteroatoms. The Morgan fingerprint density at radius 2 is 0.419 bits per heavy atom. The van der Waals surface area contributed by atoms with Crippen molar-refractivity contribution in [3.8, 4) is 0 Å². The van der Waals surface area contributed by atoms with Gasteiger partial charge in [-0.1, -0.05) is 81.5 Å². The molecule has 0 amide bonds. The van der Waals surface area contributed by atoms with Gasteiger partial charge in [0.15, 0.2) is 180 Å². The van der Waals surface area contributed by atoms with Crippen molar-refractivity contribution < 1.29 is 132 Å². The molecule has 0 saturated heterocycles. The second-order valence-corrected chi connectivity index (χ2v) is 18.4. The quantitative estimate of drug-likeness (QED) is 0.0337. The van der Waals surface area contributed by atoms with E-state index in [1.165, 1.54) is 51.4 Å². The third-order valence-corrected chi connectivity index (χ3v) is 13.0. The molecule has 86 heavy (non-hydrogen) atoms. The highest BCUT2D eigenvalue weighted by Gasteiger charge is 2.47. The van der Waals surface area contributed by atoms with Gasteiger partial charge in [0.2, 0.25) is 0 Å². The largest absolute Gasteiger partial charge is 0.332 e. The number of hydrogen-bond acceptors (Lipinski definition) is 1. The molecule has 0 unspecified atom stereocenters. The number of aryl methyl sites for hydroxylation is 1. The summed E-state index contributed by atoms with van der Waals surface area (Å²) in [6.07, 6.45) is 13.0. The van der Waals surface area contributed by atoms with Gasteiger partial charge >= 0.3 is 0 Å². The molecular formula is C50H24B2Cl2F30N2. The van der Waals surface area contributed by atoms with E-state index >= 15 is 0 Å². The van der Waals surface area contributed by atoms with Crippen molar-refractivity contribution in [3.05, 3.63) is 191 Å². The third-order valence-electron chi connectivity index (χ3n) is 12.4. The zero-order chi connectivity index (χ0) is 65.2. The zero-order valence-electron chi connectivity index (χ0n) is 41.8. The van der Waals surface area contributed by atoms with Crippen LogP contribution in [0, 0.1) is 175 Å². The normalized spacial score (nSPS) is 11.3. The van der Waals surface area contributed by atoms with Crippen LogP contribution in [0.15, 0.2) is 0 Å². The molecular weight excluding hydrogens is 1290 g/mol. The smallest absolute Gasteiger partial charge is 0.265 e. The minimum atomic E-state index is -3.96. The van der Waals surface area contributed by atoms with Crippen LogP contribution >= 0.6 is 23.2 Å². The van der Waals surface area contributed by atoms with Crippen LogP contribution in [0.2, 0.25) is 10.3 Å². The van der Waals surface area contributed by atoms with Gasteiger partial charge in [0.25, 0.3) is 13.4 Å². The van der Waals surface area contributed by atoms with Crippen molar-refractivity contribution >= 4 is 69.4 Å². The molecule has 6 aromatic carbocycles. The van der Waals surface area contributed by atoms with Gasteiger partial charge in [-0.3, -0.25) is 0 Å². The first-order chi connectivity index (χ1) is 40.1. The molecule has 0 spiro atoms. The zero-order valence-corrected chi connectivity index (χ0v) is 43.3. The van der Waals surface area contributed by atoms with Crippen molar-refractivity contribution in [2.45, 2.75) is 71.1 Å². The molecule has 0 aliphatic rings. The molecule has 1 N–H and O–H groups in total. The van der Waals surface area contributed by atoms with E-state index in [1.54, 1.807) is 0 Å². The second-order valence-electron chi connectivity index (χ2n) is 17.6. The molecule has 464 valence electrons. The molecule has 0 bridgehead atoms. The van der Waals surface area contributed by atoms with Crippen molar-refractivity contribution in [2.75, 3.05) is 0 Å². The summed E-state index contributed by atoms with van der Waals surface area (Å²) in [5.74, 6) is -89.5. The van der Waals surface area contributed by atoms with Gasteiger partial charge in [0, 0.05) is 39.2 Å². The van der Waals surface area contributed by atoms with Crippen molar-refractivity contribution in [1.29, 1.82) is 0 Å². The van der Waals surface area contributed by atoms with E-state index in [0.29, 0.717) is 10.3 Å². The first-order valence-corrected chi connectivity index (χ1v) is 24.3. The molecule has 0 aliphatic carbocycles. The molecule has 0 atom stereocenters. The summed E-state index contributed by atoms with van der Waals surface area (Å²) in [6.45, 7) is -5.66. The SMILES string of the molecule is CCCCCCCCCCCc1nc(Cl)c(Cl)[nH]1.Fc1c(F)c(F)c(B(c2c(F)c(F)c(F)c(F)c2F)c2c(F)c(F)c(F)c(F)c2F)c(F)c1F.Fc1c(F)c(F)c(B(c2c(F)c(F)c(F)c(F)c2F)c2c(F)c(F)c(F)c(F)c2F)c(F)c1F. The number of nitrogens with zero attached hydrogens (tertiary/aromatic N) is 1. The number of hydrogen-bond donors (Lipinski definition) is 1. The summed E-state index contributed by atoms with van der Waals surface area (Å²) >= 11 is 11.6. The van der Waals surface area contributed by atoms with Gasteiger partial charge < -0.3 is 4.98 Å². The number of H-pyrrole nitrogens is 1. The van der Waals surface area contributed by atoms with Crippen LogP contribution in [-0.4, -0.2) is 23.4 Å². The van der Waals surface area contributed by atoms with Crippen LogP contribution in [-0.2, 0) is 6.42 Å². The van der Waals surface area contributed by atoms with Crippen molar-refractivity contribution in [3.63, 3.8) is 0 Å². The van der Waals surface area contributed by atoms with Gasteiger partial charge in [-0.05, 0) is 6.42 Å². The number of aromatic nitrogens is 2. The van der Waals surface area contributed by atoms with Gasteiger partial charge in [-0.2, -0.15) is 0 Å². The van der Waals surface area contributed by atoms with E-state index in [9.17, 15) is 132 Å². The Morgan fingerprint density at radius 1 is 0.256 bits per heavy atom. The van der Waals surface area contributed by atoms with Crippen molar-refractivity contribution in [1.82, 2.24) is 9.97 Å². The number of benzene rings is 6. The molecule has 7 aromatic rings. The number of halogens is 32. The number of nitrogens with one attached hydrogen (secondary N) is 1. The topological polar surface area (TPSA) is 28.7 Å². The van der Waals surface area contributed by atoms with E-state index in [4.69, 9.17) is 23.2 Å². The fourth-order valence-electron chi connectivity index (χ4n) is 8.21. The number of aromatic amines is 1. The van der Waals surface area contributed by atoms with E-state index in [1.807, 2.05) is 0 Å². The summed E-state index contributed by atoms with van der Waals surface area (Å²) in [7, 11) is 0. The maximum atomic E-state index is 14.4. The Kier molecular flexibility index (Phi) is 23.0. The Balaban J connectivity index is 0.000000247. The number of rotatable bonds is 16. The second kappa shape index (κ2) is 28.3. The van der Waals surface area contributed by atoms with Crippen LogP contribution in [0.5, 0.6) is 0 Å². The molecule has 2 nitrogen and oxygen atoms in total. The number of unbranched alkanes of at least 4 members (excludes halogenated alkanes) is 8. The van der Waals surface area contributed by atoms with Crippen LogP contribution in [0.4, 0.5) is 132 Å². The molecule has 1 aromatic heterocycles. The minimum absolute atomic E-state index is 0.391. The van der Waals surface area contributed by atoms with Gasteiger partial charge in [-0.25, -0.2) is 137 Å². The molecule has 1 heterocycles. The maximum Gasteiger partial charge on any atom is 0.265 e. The molecule has 7 rings (SSSR count). The standard InChI is InChI=1S/2C18BF15.C14H24Cl2N2/c2*20-4-1(5(21)11(27)16(32)10(4)26)19(2-6(22)12(28)17(33)13(29)7(2)23)3-8(24)14(30)18(34)15(31)9(3)25;1-2-3-4-5-6-7-8-9-10-11-12-17-13(15)14(16)18-12/h;;2-11H2,1H3,(H,17,18). The Morgan fingerprint density at radius 3 is 0.581 bits per heavy atom. The average Bonchev–Trinajstić information content (AvgIpc) is 0.837. The summed E-state index contributed by atoms with van der Waals surface area (Å²) in [5.41, 5.74) is -16.1. The van der Waals surface area contributed by atoms with Crippen LogP contribution < -0.4 is 32.8 Å². The first kappa shape index (κ1) is 69.9. The van der Waals surface area contributed by atoms with Crippen molar-refractivity contribution in [2.24, 2.45) is 0 Å². The Bertz CT molecular complexity index is 3040. The van der Waals surface area contributed by atoms with E-state index in [-0.39, 0.29) is 0 Å². The highest BCUT2D eigenvalue weighted by molar-refractivity contribution is 6.96. The first-order valence-electron chi connectivity index (χ1n) is 23.5. The molecule has 0 fully saturated rings. The predicted molar refractivity (Wildman–Crippen MR) is 246 cm³/mol. The minimum Gasteiger partial charge on any atom is -0.332 e. The maximum absolute atomic E-state index is 14.4. The van der Waals surface area contributed by atoms with Gasteiger partial charge in [-0.15, -0.1) is 0 Å². The number of imidazole rings is 1. The highest BCUT2D eigenvalue weighted by atomic mass is 35.5.